The maximum atomic E-state index is 13.7. The second-order valence-electron chi connectivity index (χ2n) is 4.04. The Morgan fingerprint density at radius 2 is 1.58 bits per heavy atom. The third kappa shape index (κ3) is 2.71. The minimum Gasteiger partial charge on any atom is -0.288 e. The second kappa shape index (κ2) is 5.17. The largest absolute Gasteiger partial charge is 0.288 e. The first kappa shape index (κ1) is 13.8. The summed E-state index contributed by atoms with van der Waals surface area (Å²) in [5.74, 6) is -3.21. The van der Waals surface area contributed by atoms with Gasteiger partial charge in [-0.25, -0.2) is 13.2 Å². The summed E-state index contributed by atoms with van der Waals surface area (Å²) >= 11 is 2.93. The molecule has 0 N–H and O–H groups in total. The number of aryl methyl sites for hydroxylation is 1. The molecule has 0 heterocycles. The molecule has 0 radical (unpaired) electrons. The van der Waals surface area contributed by atoms with Gasteiger partial charge in [0.05, 0.1) is 5.56 Å². The zero-order valence-electron chi connectivity index (χ0n) is 9.81. The van der Waals surface area contributed by atoms with Crippen LogP contribution in [0, 0.1) is 24.4 Å². The van der Waals surface area contributed by atoms with Gasteiger partial charge in [-0.2, -0.15) is 0 Å². The van der Waals surface area contributed by atoms with Crippen molar-refractivity contribution >= 4 is 21.7 Å². The monoisotopic (exact) mass is 328 g/mol. The Bertz CT molecular complexity index is 645. The van der Waals surface area contributed by atoms with Gasteiger partial charge in [0.25, 0.3) is 0 Å². The molecular formula is C14H8BrF3O. The highest BCUT2D eigenvalue weighted by Crippen LogP contribution is 2.22. The van der Waals surface area contributed by atoms with Gasteiger partial charge in [-0.1, -0.05) is 15.9 Å². The maximum absolute atomic E-state index is 13.7. The van der Waals surface area contributed by atoms with Crippen LogP contribution in [0.4, 0.5) is 13.2 Å². The Morgan fingerprint density at radius 1 is 1.00 bits per heavy atom. The Labute approximate surface area is 116 Å². The van der Waals surface area contributed by atoms with Crippen molar-refractivity contribution in [2.24, 2.45) is 0 Å². The molecule has 0 saturated carbocycles. The lowest BCUT2D eigenvalue weighted by Crippen LogP contribution is -2.08. The summed E-state index contributed by atoms with van der Waals surface area (Å²) in [4.78, 5) is 12.0. The molecule has 2 rings (SSSR count). The Balaban J connectivity index is 2.53. The van der Waals surface area contributed by atoms with E-state index in [4.69, 9.17) is 0 Å². The topological polar surface area (TPSA) is 17.1 Å². The van der Waals surface area contributed by atoms with Crippen LogP contribution >= 0.6 is 15.9 Å². The number of halogens is 4. The molecule has 0 spiro atoms. The fourth-order valence-corrected chi connectivity index (χ4v) is 2.09. The quantitative estimate of drug-likeness (QED) is 0.746. The lowest BCUT2D eigenvalue weighted by atomic mass is 10.0. The van der Waals surface area contributed by atoms with Crippen LogP contribution in [0.5, 0.6) is 0 Å². The van der Waals surface area contributed by atoms with E-state index < -0.39 is 28.8 Å². The zero-order valence-corrected chi connectivity index (χ0v) is 11.4. The smallest absolute Gasteiger partial charge is 0.198 e. The van der Waals surface area contributed by atoms with Crippen molar-refractivity contribution in [3.63, 3.8) is 0 Å². The summed E-state index contributed by atoms with van der Waals surface area (Å²) in [6.45, 7) is 1.47. The van der Waals surface area contributed by atoms with Gasteiger partial charge < -0.3 is 0 Å². The van der Waals surface area contributed by atoms with Crippen LogP contribution in [-0.4, -0.2) is 5.78 Å². The van der Waals surface area contributed by atoms with E-state index in [1.165, 1.54) is 19.1 Å². The molecule has 0 bridgehead atoms. The van der Waals surface area contributed by atoms with E-state index in [2.05, 4.69) is 15.9 Å². The van der Waals surface area contributed by atoms with Gasteiger partial charge in [0.2, 0.25) is 0 Å². The fourth-order valence-electron chi connectivity index (χ4n) is 1.69. The molecule has 0 aliphatic carbocycles. The molecule has 2 aromatic rings. The first-order valence-corrected chi connectivity index (χ1v) is 6.15. The van der Waals surface area contributed by atoms with Gasteiger partial charge in [0.15, 0.2) is 5.78 Å². The number of rotatable bonds is 2. The normalized spacial score (nSPS) is 10.6. The van der Waals surface area contributed by atoms with Gasteiger partial charge in [0, 0.05) is 10.0 Å². The van der Waals surface area contributed by atoms with E-state index in [0.717, 1.165) is 18.2 Å². The molecule has 2 aromatic carbocycles. The van der Waals surface area contributed by atoms with E-state index in [-0.39, 0.29) is 15.6 Å². The molecule has 19 heavy (non-hydrogen) atoms. The van der Waals surface area contributed by atoms with Crippen LogP contribution in [0.1, 0.15) is 21.5 Å². The summed E-state index contributed by atoms with van der Waals surface area (Å²) in [5.41, 5.74) is -0.364. The predicted octanol–water partition coefficient (Wildman–Crippen LogP) is 4.41. The number of carbonyl (C=O) groups excluding carboxylic acids is 1. The molecule has 0 aromatic heterocycles. The van der Waals surface area contributed by atoms with Crippen LogP contribution in [-0.2, 0) is 0 Å². The molecule has 5 heteroatoms. The minimum atomic E-state index is -0.959. The standard InChI is InChI=1S/C14H8BrF3O/c1-7-4-8(2-3-10(7)16)14(19)13-11(17)5-9(15)6-12(13)18/h2-6H,1H3. The number of hydrogen-bond donors (Lipinski definition) is 0. The molecule has 0 aliphatic rings. The van der Waals surface area contributed by atoms with Gasteiger partial charge in [0.1, 0.15) is 17.5 Å². The molecule has 0 saturated heterocycles. The highest BCUT2D eigenvalue weighted by atomic mass is 79.9. The van der Waals surface area contributed by atoms with Crippen molar-refractivity contribution in [3.8, 4) is 0 Å². The lowest BCUT2D eigenvalue weighted by molar-refractivity contribution is 0.103. The number of benzene rings is 2. The molecule has 0 atom stereocenters. The Morgan fingerprint density at radius 3 is 2.11 bits per heavy atom. The molecule has 0 unspecified atom stereocenters. The molecule has 1 nitrogen and oxygen atoms in total. The third-order valence-electron chi connectivity index (χ3n) is 2.65. The SMILES string of the molecule is Cc1cc(C(=O)c2c(F)cc(Br)cc2F)ccc1F. The highest BCUT2D eigenvalue weighted by Gasteiger charge is 2.20. The minimum absolute atomic E-state index is 0.0408. The van der Waals surface area contributed by atoms with Crippen LogP contribution in [0.25, 0.3) is 0 Å². The number of carbonyl (C=O) groups is 1. The van der Waals surface area contributed by atoms with Crippen LogP contribution in [0.2, 0.25) is 0 Å². The summed E-state index contributed by atoms with van der Waals surface area (Å²) in [6, 6.07) is 5.57. The summed E-state index contributed by atoms with van der Waals surface area (Å²) in [5, 5.41) is 0. The van der Waals surface area contributed by atoms with E-state index in [1.54, 1.807) is 0 Å². The fraction of sp³-hybridized carbons (Fsp3) is 0.0714. The molecule has 0 amide bonds. The molecular weight excluding hydrogens is 321 g/mol. The predicted molar refractivity (Wildman–Crippen MR) is 68.6 cm³/mol. The van der Waals surface area contributed by atoms with Crippen molar-refractivity contribution in [2.45, 2.75) is 6.92 Å². The molecule has 0 fully saturated rings. The van der Waals surface area contributed by atoms with E-state index in [1.807, 2.05) is 0 Å². The zero-order chi connectivity index (χ0) is 14.2. The molecule has 0 aliphatic heterocycles. The van der Waals surface area contributed by atoms with Crippen molar-refractivity contribution in [2.75, 3.05) is 0 Å². The Kier molecular flexibility index (Phi) is 3.75. The van der Waals surface area contributed by atoms with E-state index >= 15 is 0 Å². The number of ketones is 1. The first-order valence-electron chi connectivity index (χ1n) is 5.35. The van der Waals surface area contributed by atoms with Crippen LogP contribution in [0.15, 0.2) is 34.8 Å². The van der Waals surface area contributed by atoms with Gasteiger partial charge >= 0.3 is 0 Å². The summed E-state index contributed by atoms with van der Waals surface area (Å²) in [7, 11) is 0. The van der Waals surface area contributed by atoms with Crippen molar-refractivity contribution in [3.05, 3.63) is 68.9 Å². The average molecular weight is 329 g/mol. The maximum Gasteiger partial charge on any atom is 0.198 e. The number of hydrogen-bond acceptors (Lipinski definition) is 1. The summed E-state index contributed by atoms with van der Waals surface area (Å²) < 4.78 is 40.6. The van der Waals surface area contributed by atoms with E-state index in [9.17, 15) is 18.0 Å². The summed E-state index contributed by atoms with van der Waals surface area (Å²) in [6.07, 6.45) is 0. The average Bonchev–Trinajstić information content (AvgIpc) is 2.31. The molecule has 98 valence electrons. The lowest BCUT2D eigenvalue weighted by Gasteiger charge is -2.06. The first-order chi connectivity index (χ1) is 8.90. The van der Waals surface area contributed by atoms with Crippen molar-refractivity contribution < 1.29 is 18.0 Å². The van der Waals surface area contributed by atoms with Crippen molar-refractivity contribution in [1.29, 1.82) is 0 Å². The highest BCUT2D eigenvalue weighted by molar-refractivity contribution is 9.10. The second-order valence-corrected chi connectivity index (χ2v) is 4.95. The van der Waals surface area contributed by atoms with Crippen LogP contribution < -0.4 is 0 Å². The van der Waals surface area contributed by atoms with E-state index in [0.29, 0.717) is 0 Å². The van der Waals surface area contributed by atoms with Crippen molar-refractivity contribution in [1.82, 2.24) is 0 Å². The third-order valence-corrected chi connectivity index (χ3v) is 3.11. The van der Waals surface area contributed by atoms with Crippen LogP contribution in [0.3, 0.4) is 0 Å². The van der Waals surface area contributed by atoms with Gasteiger partial charge in [-0.15, -0.1) is 0 Å². The Hall–Kier alpha value is -1.62. The van der Waals surface area contributed by atoms with Gasteiger partial charge in [-0.3, -0.25) is 4.79 Å². The van der Waals surface area contributed by atoms with Gasteiger partial charge in [-0.05, 0) is 42.8 Å².